The van der Waals surface area contributed by atoms with Crippen LogP contribution in [0.3, 0.4) is 0 Å². The molecule has 2 heterocycles. The van der Waals surface area contributed by atoms with Gasteiger partial charge in [-0.25, -0.2) is 4.98 Å². The van der Waals surface area contributed by atoms with Gasteiger partial charge in [0.05, 0.1) is 12.2 Å². The second-order valence-corrected chi connectivity index (χ2v) is 5.22. The van der Waals surface area contributed by atoms with E-state index in [0.717, 1.165) is 43.5 Å². The van der Waals surface area contributed by atoms with Crippen molar-refractivity contribution < 1.29 is 4.42 Å². The number of nitrogens with two attached hydrogens (primary N) is 1. The molecule has 4 nitrogen and oxygen atoms in total. The summed E-state index contributed by atoms with van der Waals surface area (Å²) in [4.78, 5) is 6.78. The molecule has 1 saturated heterocycles. The summed E-state index contributed by atoms with van der Waals surface area (Å²) in [7, 11) is 0. The highest BCUT2D eigenvalue weighted by molar-refractivity contribution is 5.85. The predicted molar refractivity (Wildman–Crippen MR) is 77.5 cm³/mol. The summed E-state index contributed by atoms with van der Waals surface area (Å²) in [5.41, 5.74) is 7.06. The van der Waals surface area contributed by atoms with Crippen LogP contribution in [0, 0.1) is 19.3 Å². The first-order chi connectivity index (χ1) is 7.52. The minimum atomic E-state index is 0. The molecule has 1 unspecified atom stereocenters. The lowest BCUT2D eigenvalue weighted by Gasteiger charge is -2.21. The Labute approximate surface area is 121 Å². The van der Waals surface area contributed by atoms with E-state index in [4.69, 9.17) is 10.2 Å². The van der Waals surface area contributed by atoms with Crippen molar-refractivity contribution in [3.05, 3.63) is 17.3 Å². The molecule has 1 fully saturated rings. The van der Waals surface area contributed by atoms with E-state index in [2.05, 4.69) is 16.8 Å². The zero-order chi connectivity index (χ0) is 11.8. The fourth-order valence-electron chi connectivity index (χ4n) is 2.23. The molecule has 1 aromatic heterocycles. The predicted octanol–water partition coefficient (Wildman–Crippen LogP) is 2.31. The quantitative estimate of drug-likeness (QED) is 0.930. The third-order valence-corrected chi connectivity index (χ3v) is 3.56. The summed E-state index contributed by atoms with van der Waals surface area (Å²) >= 11 is 0. The van der Waals surface area contributed by atoms with E-state index < -0.39 is 0 Å². The lowest BCUT2D eigenvalue weighted by Crippen LogP contribution is -2.31. The van der Waals surface area contributed by atoms with Crippen molar-refractivity contribution in [2.24, 2.45) is 11.1 Å². The van der Waals surface area contributed by atoms with Crippen LogP contribution in [-0.2, 0) is 6.54 Å². The Hall–Kier alpha value is -0.290. The maximum absolute atomic E-state index is 5.79. The van der Waals surface area contributed by atoms with E-state index in [0.29, 0.717) is 0 Å². The standard InChI is InChI=1S/C12H21N3O.2ClH/c1-9-10(2)16-11(14-9)6-15-5-4-12(3,7-13)8-15;;/h4-8,13H2,1-3H3;2*1H. The molecule has 0 bridgehead atoms. The van der Waals surface area contributed by atoms with Gasteiger partial charge in [-0.1, -0.05) is 6.92 Å². The number of aryl methyl sites for hydroxylation is 2. The van der Waals surface area contributed by atoms with Crippen LogP contribution in [0.25, 0.3) is 0 Å². The summed E-state index contributed by atoms with van der Waals surface area (Å²) in [6.45, 7) is 9.89. The number of nitrogens with zero attached hydrogens (tertiary/aromatic N) is 2. The molecule has 2 N–H and O–H groups in total. The minimum absolute atomic E-state index is 0. The number of hydrogen-bond donors (Lipinski definition) is 1. The number of hydrogen-bond acceptors (Lipinski definition) is 4. The number of aromatic nitrogens is 1. The van der Waals surface area contributed by atoms with Crippen molar-refractivity contribution in [3.63, 3.8) is 0 Å². The van der Waals surface area contributed by atoms with E-state index in [1.807, 2.05) is 13.8 Å². The summed E-state index contributed by atoms with van der Waals surface area (Å²) in [6.07, 6.45) is 1.17. The summed E-state index contributed by atoms with van der Waals surface area (Å²) < 4.78 is 5.59. The highest BCUT2D eigenvalue weighted by atomic mass is 35.5. The van der Waals surface area contributed by atoms with Crippen molar-refractivity contribution in [2.75, 3.05) is 19.6 Å². The maximum atomic E-state index is 5.79. The molecular formula is C12H23Cl2N3O. The molecule has 18 heavy (non-hydrogen) atoms. The molecule has 1 atom stereocenters. The van der Waals surface area contributed by atoms with E-state index >= 15 is 0 Å². The molecule has 106 valence electrons. The van der Waals surface area contributed by atoms with Crippen molar-refractivity contribution in [1.82, 2.24) is 9.88 Å². The Bertz CT molecular complexity index is 364. The SMILES string of the molecule is Cc1nc(CN2CCC(C)(CN)C2)oc1C.Cl.Cl. The van der Waals surface area contributed by atoms with Gasteiger partial charge in [0, 0.05) is 6.54 Å². The molecule has 0 amide bonds. The Balaban J connectivity index is 0.00000144. The van der Waals surface area contributed by atoms with Crippen molar-refractivity contribution >= 4 is 24.8 Å². The third-order valence-electron chi connectivity index (χ3n) is 3.56. The van der Waals surface area contributed by atoms with Crippen LogP contribution in [0.2, 0.25) is 0 Å². The number of halogens is 2. The van der Waals surface area contributed by atoms with Crippen molar-refractivity contribution in [2.45, 2.75) is 33.7 Å². The molecule has 6 heteroatoms. The van der Waals surface area contributed by atoms with Crippen molar-refractivity contribution in [1.29, 1.82) is 0 Å². The van der Waals surface area contributed by atoms with Crippen LogP contribution >= 0.6 is 24.8 Å². The fourth-order valence-corrected chi connectivity index (χ4v) is 2.23. The van der Waals surface area contributed by atoms with Gasteiger partial charge in [-0.15, -0.1) is 24.8 Å². The van der Waals surface area contributed by atoms with Gasteiger partial charge in [0.2, 0.25) is 5.89 Å². The number of likely N-dealkylation sites (tertiary alicyclic amines) is 1. The molecule has 0 radical (unpaired) electrons. The van der Waals surface area contributed by atoms with Crippen LogP contribution in [0.4, 0.5) is 0 Å². The van der Waals surface area contributed by atoms with E-state index in [1.54, 1.807) is 0 Å². The third kappa shape index (κ3) is 3.85. The van der Waals surface area contributed by atoms with Crippen LogP contribution in [0.1, 0.15) is 30.7 Å². The molecule has 0 aromatic carbocycles. The Morgan fingerprint density at radius 3 is 2.50 bits per heavy atom. The summed E-state index contributed by atoms with van der Waals surface area (Å²) in [5, 5.41) is 0. The first-order valence-electron chi connectivity index (χ1n) is 5.88. The Morgan fingerprint density at radius 1 is 1.39 bits per heavy atom. The van der Waals surface area contributed by atoms with Gasteiger partial charge >= 0.3 is 0 Å². The van der Waals surface area contributed by atoms with E-state index in [9.17, 15) is 0 Å². The highest BCUT2D eigenvalue weighted by Gasteiger charge is 2.32. The molecular weight excluding hydrogens is 273 g/mol. The van der Waals surface area contributed by atoms with Crippen molar-refractivity contribution in [3.8, 4) is 0 Å². The zero-order valence-corrected chi connectivity index (χ0v) is 12.9. The smallest absolute Gasteiger partial charge is 0.208 e. The van der Waals surface area contributed by atoms with Gasteiger partial charge in [-0.3, -0.25) is 4.90 Å². The average Bonchev–Trinajstić information content (AvgIpc) is 2.74. The molecule has 0 aliphatic carbocycles. The highest BCUT2D eigenvalue weighted by Crippen LogP contribution is 2.29. The van der Waals surface area contributed by atoms with Crippen LogP contribution in [0.15, 0.2) is 4.42 Å². The van der Waals surface area contributed by atoms with Gasteiger partial charge in [0.25, 0.3) is 0 Å². The minimum Gasteiger partial charge on any atom is -0.444 e. The maximum Gasteiger partial charge on any atom is 0.208 e. The fraction of sp³-hybridized carbons (Fsp3) is 0.750. The van der Waals surface area contributed by atoms with Gasteiger partial charge < -0.3 is 10.2 Å². The number of rotatable bonds is 3. The molecule has 2 rings (SSSR count). The average molecular weight is 296 g/mol. The first kappa shape index (κ1) is 17.7. The number of oxazole rings is 1. The van der Waals surface area contributed by atoms with Crippen LogP contribution < -0.4 is 5.73 Å². The Kier molecular flexibility index (Phi) is 6.65. The van der Waals surface area contributed by atoms with Crippen LogP contribution in [-0.4, -0.2) is 29.5 Å². The molecule has 0 saturated carbocycles. The van der Waals surface area contributed by atoms with E-state index in [1.165, 1.54) is 6.42 Å². The van der Waals surface area contributed by atoms with Gasteiger partial charge in [0.1, 0.15) is 5.76 Å². The normalized spacial score (nSPS) is 23.6. The largest absolute Gasteiger partial charge is 0.444 e. The topological polar surface area (TPSA) is 55.3 Å². The summed E-state index contributed by atoms with van der Waals surface area (Å²) in [5.74, 6) is 1.76. The molecule has 1 aromatic rings. The summed E-state index contributed by atoms with van der Waals surface area (Å²) in [6, 6.07) is 0. The molecule has 1 aliphatic heterocycles. The zero-order valence-electron chi connectivity index (χ0n) is 11.2. The lowest BCUT2D eigenvalue weighted by atomic mass is 9.90. The van der Waals surface area contributed by atoms with Crippen LogP contribution in [0.5, 0.6) is 0 Å². The Morgan fingerprint density at radius 2 is 2.06 bits per heavy atom. The van der Waals surface area contributed by atoms with Gasteiger partial charge in [0.15, 0.2) is 0 Å². The van der Waals surface area contributed by atoms with E-state index in [-0.39, 0.29) is 30.2 Å². The first-order valence-corrected chi connectivity index (χ1v) is 5.88. The lowest BCUT2D eigenvalue weighted by molar-refractivity contribution is 0.250. The second kappa shape index (κ2) is 6.75. The molecule has 0 spiro atoms. The monoisotopic (exact) mass is 295 g/mol. The van der Waals surface area contributed by atoms with Gasteiger partial charge in [-0.05, 0) is 38.8 Å². The van der Waals surface area contributed by atoms with Gasteiger partial charge in [-0.2, -0.15) is 0 Å². The second-order valence-electron chi connectivity index (χ2n) is 5.22. The molecule has 1 aliphatic rings.